The fourth-order valence-electron chi connectivity index (χ4n) is 1.83. The van der Waals surface area contributed by atoms with Gasteiger partial charge in [0.1, 0.15) is 0 Å². The lowest BCUT2D eigenvalue weighted by molar-refractivity contribution is -0.385. The summed E-state index contributed by atoms with van der Waals surface area (Å²) in [5.41, 5.74) is 1.24. The fraction of sp³-hybridized carbons (Fsp3) is 0.133. The molecule has 0 aliphatic rings. The van der Waals surface area contributed by atoms with Gasteiger partial charge in [-0.3, -0.25) is 14.9 Å². The van der Waals surface area contributed by atoms with Crippen LogP contribution >= 0.6 is 11.6 Å². The molecule has 1 amide bonds. The fourth-order valence-corrected chi connectivity index (χ4v) is 2.05. The quantitative estimate of drug-likeness (QED) is 0.674. The van der Waals surface area contributed by atoms with E-state index in [0.29, 0.717) is 10.7 Å². The summed E-state index contributed by atoms with van der Waals surface area (Å²) < 4.78 is 5.22. The van der Waals surface area contributed by atoms with Crippen molar-refractivity contribution in [2.75, 3.05) is 11.9 Å². The summed E-state index contributed by atoms with van der Waals surface area (Å²) in [5.74, 6) is -0.362. The second-order valence-corrected chi connectivity index (χ2v) is 4.96. The van der Waals surface area contributed by atoms with Crippen LogP contribution in [-0.2, 0) is 4.79 Å². The number of para-hydroxylation sites is 2. The van der Waals surface area contributed by atoms with Gasteiger partial charge in [0, 0.05) is 16.8 Å². The van der Waals surface area contributed by atoms with Crippen molar-refractivity contribution in [3.8, 4) is 5.75 Å². The van der Waals surface area contributed by atoms with Gasteiger partial charge in [-0.15, -0.1) is 0 Å². The van der Waals surface area contributed by atoms with Gasteiger partial charge in [-0.25, -0.2) is 0 Å². The number of ether oxygens (including phenoxy) is 1. The first-order chi connectivity index (χ1) is 10.5. The van der Waals surface area contributed by atoms with Gasteiger partial charge in [0.2, 0.25) is 0 Å². The highest BCUT2D eigenvalue weighted by Gasteiger charge is 2.15. The molecule has 0 radical (unpaired) electrons. The van der Waals surface area contributed by atoms with Gasteiger partial charge >= 0.3 is 5.69 Å². The molecule has 0 fully saturated rings. The van der Waals surface area contributed by atoms with E-state index in [2.05, 4.69) is 5.32 Å². The summed E-state index contributed by atoms with van der Waals surface area (Å²) in [6, 6.07) is 11.0. The second kappa shape index (κ2) is 6.91. The second-order valence-electron chi connectivity index (χ2n) is 4.52. The number of anilines is 1. The van der Waals surface area contributed by atoms with Crippen LogP contribution in [0.1, 0.15) is 5.56 Å². The van der Waals surface area contributed by atoms with Crippen LogP contribution in [-0.4, -0.2) is 17.4 Å². The number of amides is 1. The zero-order valence-corrected chi connectivity index (χ0v) is 12.5. The first kappa shape index (κ1) is 15.8. The number of carbonyl (C=O) groups is 1. The number of hydrogen-bond donors (Lipinski definition) is 1. The number of nitrogens with one attached hydrogen (secondary N) is 1. The minimum Gasteiger partial charge on any atom is -0.477 e. The van der Waals surface area contributed by atoms with Crippen LogP contribution in [0.5, 0.6) is 5.75 Å². The summed E-state index contributed by atoms with van der Waals surface area (Å²) >= 11 is 5.84. The monoisotopic (exact) mass is 320 g/mol. The lowest BCUT2D eigenvalue weighted by atomic mass is 10.2. The Morgan fingerprint density at radius 1 is 1.32 bits per heavy atom. The normalized spacial score (nSPS) is 10.1. The van der Waals surface area contributed by atoms with Crippen LogP contribution in [0.4, 0.5) is 11.4 Å². The maximum absolute atomic E-state index is 11.9. The first-order valence-corrected chi connectivity index (χ1v) is 6.77. The van der Waals surface area contributed by atoms with Crippen molar-refractivity contribution in [1.29, 1.82) is 0 Å². The van der Waals surface area contributed by atoms with Crippen molar-refractivity contribution in [2.45, 2.75) is 6.92 Å². The third-order valence-corrected chi connectivity index (χ3v) is 3.12. The lowest BCUT2D eigenvalue weighted by Gasteiger charge is -2.10. The van der Waals surface area contributed by atoms with Crippen LogP contribution in [0.2, 0.25) is 5.02 Å². The minimum atomic E-state index is -0.559. The average molecular weight is 321 g/mol. The number of hydrogen-bond acceptors (Lipinski definition) is 4. The van der Waals surface area contributed by atoms with Gasteiger partial charge in [0.15, 0.2) is 12.4 Å². The molecule has 2 aromatic carbocycles. The number of carbonyl (C=O) groups excluding carboxylic acids is 1. The predicted octanol–water partition coefficient (Wildman–Crippen LogP) is 3.57. The molecule has 7 heteroatoms. The van der Waals surface area contributed by atoms with E-state index in [1.165, 1.54) is 18.2 Å². The molecule has 2 aromatic rings. The van der Waals surface area contributed by atoms with E-state index >= 15 is 0 Å². The molecule has 114 valence electrons. The van der Waals surface area contributed by atoms with Gasteiger partial charge in [-0.05, 0) is 36.8 Å². The summed E-state index contributed by atoms with van der Waals surface area (Å²) in [7, 11) is 0. The zero-order valence-electron chi connectivity index (χ0n) is 11.7. The van der Waals surface area contributed by atoms with Crippen LogP contribution in [0, 0.1) is 17.0 Å². The maximum Gasteiger partial charge on any atom is 0.310 e. The van der Waals surface area contributed by atoms with E-state index in [1.807, 2.05) is 6.92 Å². The molecular formula is C15H13ClN2O4. The molecule has 1 N–H and O–H groups in total. The highest BCUT2D eigenvalue weighted by Crippen LogP contribution is 2.25. The molecule has 6 nitrogen and oxygen atoms in total. The van der Waals surface area contributed by atoms with Gasteiger partial charge in [-0.1, -0.05) is 23.7 Å². The number of nitro groups is 1. The molecule has 22 heavy (non-hydrogen) atoms. The molecular weight excluding hydrogens is 308 g/mol. The third kappa shape index (κ3) is 3.95. The van der Waals surface area contributed by atoms with E-state index in [-0.39, 0.29) is 18.0 Å². The Hall–Kier alpha value is -2.60. The van der Waals surface area contributed by atoms with Gasteiger partial charge in [-0.2, -0.15) is 0 Å². The molecule has 0 saturated heterocycles. The smallest absolute Gasteiger partial charge is 0.310 e. The summed E-state index contributed by atoms with van der Waals surface area (Å²) in [5, 5.41) is 14.1. The molecule has 0 saturated carbocycles. The van der Waals surface area contributed by atoms with Crippen LogP contribution in [0.3, 0.4) is 0 Å². The molecule has 0 bridgehead atoms. The van der Waals surface area contributed by atoms with Gasteiger partial charge in [0.25, 0.3) is 5.91 Å². The number of halogens is 1. The Bertz CT molecular complexity index is 718. The molecule has 0 unspecified atom stereocenters. The van der Waals surface area contributed by atoms with Gasteiger partial charge in [0.05, 0.1) is 4.92 Å². The molecule has 0 aliphatic heterocycles. The van der Waals surface area contributed by atoms with Crippen LogP contribution in [0.25, 0.3) is 0 Å². The molecule has 0 aliphatic carbocycles. The van der Waals surface area contributed by atoms with E-state index in [4.69, 9.17) is 16.3 Å². The first-order valence-electron chi connectivity index (χ1n) is 6.39. The SMILES string of the molecule is Cc1cc(Cl)ccc1NC(=O)COc1ccccc1[N+](=O)[O-]. The van der Waals surface area contributed by atoms with Crippen molar-refractivity contribution < 1.29 is 14.5 Å². The Morgan fingerprint density at radius 3 is 2.73 bits per heavy atom. The van der Waals surface area contributed by atoms with Gasteiger partial charge < -0.3 is 10.1 Å². The van der Waals surface area contributed by atoms with Crippen molar-refractivity contribution >= 4 is 28.9 Å². The number of benzene rings is 2. The standard InChI is InChI=1S/C15H13ClN2O4/c1-10-8-11(16)6-7-12(10)17-15(19)9-22-14-5-3-2-4-13(14)18(20)21/h2-8H,9H2,1H3,(H,17,19). The minimum absolute atomic E-state index is 0.0514. The van der Waals surface area contributed by atoms with Crippen molar-refractivity contribution in [3.05, 3.63) is 63.2 Å². The number of nitro benzene ring substituents is 1. The highest BCUT2D eigenvalue weighted by atomic mass is 35.5. The zero-order chi connectivity index (χ0) is 16.1. The Labute approximate surface area is 131 Å². The summed E-state index contributed by atoms with van der Waals surface area (Å²) in [6.45, 7) is 1.48. The number of nitrogens with zero attached hydrogens (tertiary/aromatic N) is 1. The topological polar surface area (TPSA) is 81.5 Å². The van der Waals surface area contributed by atoms with E-state index in [9.17, 15) is 14.9 Å². The van der Waals surface area contributed by atoms with Crippen molar-refractivity contribution in [3.63, 3.8) is 0 Å². The largest absolute Gasteiger partial charge is 0.477 e. The number of rotatable bonds is 5. The Kier molecular flexibility index (Phi) is 4.95. The van der Waals surface area contributed by atoms with E-state index in [1.54, 1.807) is 24.3 Å². The Morgan fingerprint density at radius 2 is 2.05 bits per heavy atom. The Balaban J connectivity index is 2.00. The summed E-state index contributed by atoms with van der Waals surface area (Å²) in [6.07, 6.45) is 0. The summed E-state index contributed by atoms with van der Waals surface area (Å²) in [4.78, 5) is 22.2. The van der Waals surface area contributed by atoms with E-state index < -0.39 is 10.8 Å². The molecule has 0 heterocycles. The third-order valence-electron chi connectivity index (χ3n) is 2.88. The van der Waals surface area contributed by atoms with Crippen LogP contribution < -0.4 is 10.1 Å². The van der Waals surface area contributed by atoms with Crippen LogP contribution in [0.15, 0.2) is 42.5 Å². The maximum atomic E-state index is 11.9. The average Bonchev–Trinajstić information content (AvgIpc) is 2.48. The molecule has 0 aromatic heterocycles. The predicted molar refractivity (Wildman–Crippen MR) is 83.4 cm³/mol. The molecule has 0 atom stereocenters. The van der Waals surface area contributed by atoms with Crippen molar-refractivity contribution in [1.82, 2.24) is 0 Å². The van der Waals surface area contributed by atoms with E-state index in [0.717, 1.165) is 5.56 Å². The molecule has 0 spiro atoms. The highest BCUT2D eigenvalue weighted by molar-refractivity contribution is 6.30. The number of aryl methyl sites for hydroxylation is 1. The lowest BCUT2D eigenvalue weighted by Crippen LogP contribution is -2.20. The molecule has 2 rings (SSSR count). The van der Waals surface area contributed by atoms with Crippen molar-refractivity contribution in [2.24, 2.45) is 0 Å².